The van der Waals surface area contributed by atoms with Gasteiger partial charge in [-0.1, -0.05) is 0 Å². The van der Waals surface area contributed by atoms with Crippen LogP contribution in [0.3, 0.4) is 0 Å². The molecule has 0 aliphatic carbocycles. The highest BCUT2D eigenvalue weighted by atomic mass is 19.1. The van der Waals surface area contributed by atoms with Gasteiger partial charge in [-0.15, -0.1) is 0 Å². The van der Waals surface area contributed by atoms with Gasteiger partial charge in [0.1, 0.15) is 12.1 Å². The molecule has 0 bridgehead atoms. The Balaban J connectivity index is 2.92. The van der Waals surface area contributed by atoms with Crippen molar-refractivity contribution in [2.75, 3.05) is 4.90 Å². The highest BCUT2D eigenvalue weighted by Crippen LogP contribution is 2.14. The quantitative estimate of drug-likeness (QED) is 0.456. The van der Waals surface area contributed by atoms with Gasteiger partial charge in [-0.3, -0.25) is 14.5 Å². The summed E-state index contributed by atoms with van der Waals surface area (Å²) < 4.78 is 12.7. The molecule has 4 heteroatoms. The summed E-state index contributed by atoms with van der Waals surface area (Å²) in [5, 5.41) is 0. The number of rotatable bonds is 5. The third kappa shape index (κ3) is 3.66. The molecule has 0 heterocycles. The van der Waals surface area contributed by atoms with E-state index in [0.29, 0.717) is 17.7 Å². The van der Waals surface area contributed by atoms with E-state index in [1.54, 1.807) is 19.9 Å². The fourth-order valence-electron chi connectivity index (χ4n) is 1.21. The summed E-state index contributed by atoms with van der Waals surface area (Å²) in [5.74, 6) is -0.360. The fraction of sp³-hybridized carbons (Fsp3) is 0.143. The topological polar surface area (TPSA) is 37.4 Å². The molecule has 0 aliphatic rings. The number of nitrogens with zero attached hydrogens (tertiary/aromatic N) is 1. The Morgan fingerprint density at radius 3 is 2.22 bits per heavy atom. The van der Waals surface area contributed by atoms with Crippen LogP contribution in [0.4, 0.5) is 10.1 Å². The Hall–Kier alpha value is -2.23. The van der Waals surface area contributed by atoms with E-state index < -0.39 is 0 Å². The minimum absolute atomic E-state index is 0.360. The summed E-state index contributed by atoms with van der Waals surface area (Å²) in [6.07, 6.45) is 4.56. The molecule has 0 fully saturated rings. The van der Waals surface area contributed by atoms with Crippen LogP contribution >= 0.6 is 0 Å². The molecule has 1 amide bonds. The molecule has 0 saturated heterocycles. The van der Waals surface area contributed by atoms with Crippen LogP contribution in [0.2, 0.25) is 0 Å². The second-order valence-corrected chi connectivity index (χ2v) is 3.79. The molecule has 94 valence electrons. The zero-order chi connectivity index (χ0) is 13.5. The molecule has 0 N–H and O–H groups in total. The van der Waals surface area contributed by atoms with Crippen molar-refractivity contribution in [3.05, 3.63) is 53.5 Å². The maximum absolute atomic E-state index is 12.7. The molecule has 1 rings (SSSR count). The molecular weight excluding hydrogens is 233 g/mol. The number of amides is 1. The molecule has 0 aliphatic heterocycles. The van der Waals surface area contributed by atoms with E-state index in [0.717, 1.165) is 11.9 Å². The van der Waals surface area contributed by atoms with E-state index in [2.05, 4.69) is 0 Å². The van der Waals surface area contributed by atoms with E-state index in [1.807, 2.05) is 0 Å². The lowest BCUT2D eigenvalue weighted by Crippen LogP contribution is -2.12. The molecule has 0 aromatic heterocycles. The number of hydrogen-bond acceptors (Lipinski definition) is 2. The summed E-state index contributed by atoms with van der Waals surface area (Å²) in [5.41, 5.74) is 1.91. The van der Waals surface area contributed by atoms with Crippen molar-refractivity contribution in [3.63, 3.8) is 0 Å². The Labute approximate surface area is 105 Å². The summed E-state index contributed by atoms with van der Waals surface area (Å²) in [6.45, 7) is 3.46. The smallest absolute Gasteiger partial charge is 0.218 e. The number of hydrogen-bond donors (Lipinski definition) is 0. The fourth-order valence-corrected chi connectivity index (χ4v) is 1.21. The molecule has 3 nitrogen and oxygen atoms in total. The molecule has 0 saturated carbocycles. The van der Waals surface area contributed by atoms with E-state index >= 15 is 0 Å². The first kappa shape index (κ1) is 13.8. The van der Waals surface area contributed by atoms with Crippen molar-refractivity contribution in [1.29, 1.82) is 0 Å². The summed E-state index contributed by atoms with van der Waals surface area (Å²) in [6, 6.07) is 5.55. The van der Waals surface area contributed by atoms with Crippen LogP contribution < -0.4 is 4.90 Å². The zero-order valence-electron chi connectivity index (χ0n) is 10.3. The van der Waals surface area contributed by atoms with Crippen molar-refractivity contribution in [1.82, 2.24) is 0 Å². The summed E-state index contributed by atoms with van der Waals surface area (Å²) in [4.78, 5) is 22.8. The van der Waals surface area contributed by atoms with E-state index in [4.69, 9.17) is 0 Å². The minimum atomic E-state index is -0.360. The number of aldehydes is 1. The Kier molecular flexibility index (Phi) is 4.99. The molecule has 0 atom stereocenters. The molecule has 18 heavy (non-hydrogen) atoms. The van der Waals surface area contributed by atoms with Crippen molar-refractivity contribution in [3.8, 4) is 0 Å². The number of allylic oxidation sites excluding steroid dienone is 3. The van der Waals surface area contributed by atoms with Gasteiger partial charge >= 0.3 is 0 Å². The van der Waals surface area contributed by atoms with E-state index in [1.165, 1.54) is 35.4 Å². The maximum Gasteiger partial charge on any atom is 0.218 e. The van der Waals surface area contributed by atoms with Crippen molar-refractivity contribution in [2.24, 2.45) is 0 Å². The minimum Gasteiger partial charge on any atom is -0.298 e. The molecule has 0 spiro atoms. The van der Waals surface area contributed by atoms with E-state index in [-0.39, 0.29) is 5.82 Å². The van der Waals surface area contributed by atoms with Crippen LogP contribution in [0, 0.1) is 5.82 Å². The SMILES string of the molecule is C/C(C=O)=C(C)\C=C/N(C=O)c1ccc(F)cc1. The van der Waals surface area contributed by atoms with Gasteiger partial charge in [0.25, 0.3) is 0 Å². The number of carbonyl (C=O) groups excluding carboxylic acids is 2. The van der Waals surface area contributed by atoms with Crippen LogP contribution in [0.1, 0.15) is 13.8 Å². The first-order valence-electron chi connectivity index (χ1n) is 5.38. The first-order chi connectivity index (χ1) is 8.58. The molecular formula is C14H14FNO2. The van der Waals surface area contributed by atoms with Crippen molar-refractivity contribution in [2.45, 2.75) is 13.8 Å². The Morgan fingerprint density at radius 2 is 1.72 bits per heavy atom. The average molecular weight is 247 g/mol. The summed E-state index contributed by atoms with van der Waals surface area (Å²) in [7, 11) is 0. The van der Waals surface area contributed by atoms with Crippen LogP contribution in [-0.4, -0.2) is 12.7 Å². The number of benzene rings is 1. The van der Waals surface area contributed by atoms with Gasteiger partial charge in [-0.2, -0.15) is 0 Å². The first-order valence-corrected chi connectivity index (χ1v) is 5.38. The molecule has 1 aromatic carbocycles. The van der Waals surface area contributed by atoms with Gasteiger partial charge < -0.3 is 0 Å². The Morgan fingerprint density at radius 1 is 1.11 bits per heavy atom. The highest BCUT2D eigenvalue weighted by Gasteiger charge is 2.01. The summed E-state index contributed by atoms with van der Waals surface area (Å²) >= 11 is 0. The largest absolute Gasteiger partial charge is 0.298 e. The van der Waals surface area contributed by atoms with E-state index in [9.17, 15) is 14.0 Å². The predicted molar refractivity (Wildman–Crippen MR) is 68.5 cm³/mol. The third-order valence-corrected chi connectivity index (χ3v) is 2.52. The van der Waals surface area contributed by atoms with Gasteiger partial charge in [0.2, 0.25) is 6.41 Å². The van der Waals surface area contributed by atoms with Crippen LogP contribution in [0.15, 0.2) is 47.7 Å². The van der Waals surface area contributed by atoms with Crippen molar-refractivity contribution >= 4 is 18.4 Å². The number of anilines is 1. The highest BCUT2D eigenvalue weighted by molar-refractivity contribution is 5.78. The van der Waals surface area contributed by atoms with Crippen LogP contribution in [-0.2, 0) is 9.59 Å². The second-order valence-electron chi connectivity index (χ2n) is 3.79. The lowest BCUT2D eigenvalue weighted by Gasteiger charge is -2.12. The monoisotopic (exact) mass is 247 g/mol. The molecule has 0 radical (unpaired) electrons. The van der Waals surface area contributed by atoms with Crippen molar-refractivity contribution < 1.29 is 14.0 Å². The van der Waals surface area contributed by atoms with Gasteiger partial charge in [0.15, 0.2) is 0 Å². The predicted octanol–water partition coefficient (Wildman–Crippen LogP) is 2.84. The number of carbonyl (C=O) groups is 2. The van der Waals surface area contributed by atoms with Gasteiger partial charge in [0, 0.05) is 11.9 Å². The standard InChI is InChI=1S/C14H14FNO2/c1-11(12(2)9-17)7-8-16(10-18)14-5-3-13(15)4-6-14/h3-10H,1-2H3/b8-7-,12-11+. The number of halogens is 1. The average Bonchev–Trinajstić information content (AvgIpc) is 2.40. The normalized spacial score (nSPS) is 12.2. The second kappa shape index (κ2) is 6.49. The van der Waals surface area contributed by atoms with Gasteiger partial charge in [-0.25, -0.2) is 4.39 Å². The zero-order valence-corrected chi connectivity index (χ0v) is 10.3. The molecule has 0 unspecified atom stereocenters. The Bertz CT molecular complexity index is 489. The van der Waals surface area contributed by atoms with Gasteiger partial charge in [0.05, 0.1) is 0 Å². The lowest BCUT2D eigenvalue weighted by molar-refractivity contribution is -0.107. The van der Waals surface area contributed by atoms with Gasteiger partial charge in [-0.05, 0) is 55.3 Å². The van der Waals surface area contributed by atoms with Crippen LogP contribution in [0.5, 0.6) is 0 Å². The third-order valence-electron chi connectivity index (χ3n) is 2.52. The van der Waals surface area contributed by atoms with Crippen LogP contribution in [0.25, 0.3) is 0 Å². The molecule has 1 aromatic rings. The lowest BCUT2D eigenvalue weighted by atomic mass is 10.2. The maximum atomic E-state index is 12.7.